The summed E-state index contributed by atoms with van der Waals surface area (Å²) in [5.41, 5.74) is 1.19. The number of urea groups is 1. The minimum Gasteiger partial charge on any atom is -0.319 e. The SMILES string of the molecule is CN1C(=O)N(C2CCCNC2)CC1c1ccccc1Br. The third-order valence-corrected chi connectivity index (χ3v) is 5.08. The zero-order chi connectivity index (χ0) is 14.1. The lowest BCUT2D eigenvalue weighted by Crippen LogP contribution is -2.47. The Morgan fingerprint density at radius 1 is 1.35 bits per heavy atom. The summed E-state index contributed by atoms with van der Waals surface area (Å²) in [6.45, 7) is 2.77. The van der Waals surface area contributed by atoms with Crippen LogP contribution >= 0.6 is 15.9 Å². The van der Waals surface area contributed by atoms with Gasteiger partial charge in [0.1, 0.15) is 0 Å². The summed E-state index contributed by atoms with van der Waals surface area (Å²) >= 11 is 3.60. The molecule has 2 amide bonds. The average Bonchev–Trinajstić information content (AvgIpc) is 2.77. The van der Waals surface area contributed by atoms with E-state index in [1.807, 2.05) is 35.0 Å². The summed E-state index contributed by atoms with van der Waals surface area (Å²) in [5, 5.41) is 3.39. The van der Waals surface area contributed by atoms with Crippen LogP contribution in [0.3, 0.4) is 0 Å². The van der Waals surface area contributed by atoms with Crippen molar-refractivity contribution in [2.45, 2.75) is 24.9 Å². The van der Waals surface area contributed by atoms with Crippen LogP contribution in [0.2, 0.25) is 0 Å². The van der Waals surface area contributed by atoms with Crippen LogP contribution in [0.5, 0.6) is 0 Å². The second-order valence-corrected chi connectivity index (χ2v) is 6.44. The summed E-state index contributed by atoms with van der Waals surface area (Å²) in [5.74, 6) is 0. The molecule has 2 fully saturated rings. The van der Waals surface area contributed by atoms with Gasteiger partial charge < -0.3 is 15.1 Å². The largest absolute Gasteiger partial charge is 0.320 e. The maximum atomic E-state index is 12.5. The monoisotopic (exact) mass is 337 g/mol. The molecule has 2 saturated heterocycles. The number of amides is 2. The molecule has 5 heteroatoms. The minimum absolute atomic E-state index is 0.139. The van der Waals surface area contributed by atoms with Gasteiger partial charge in [0.15, 0.2) is 0 Å². The zero-order valence-corrected chi connectivity index (χ0v) is 13.3. The number of hydrogen-bond acceptors (Lipinski definition) is 2. The Morgan fingerprint density at radius 3 is 2.85 bits per heavy atom. The van der Waals surface area contributed by atoms with Gasteiger partial charge >= 0.3 is 6.03 Å². The van der Waals surface area contributed by atoms with Crippen LogP contribution in [0.4, 0.5) is 4.79 Å². The fourth-order valence-electron chi connectivity index (χ4n) is 3.18. The number of likely N-dealkylation sites (N-methyl/N-ethyl adjacent to an activating group) is 1. The smallest absolute Gasteiger partial charge is 0.319 e. The Bertz CT molecular complexity index is 502. The fourth-order valence-corrected chi connectivity index (χ4v) is 3.73. The molecule has 108 valence electrons. The third kappa shape index (κ3) is 2.44. The lowest BCUT2D eigenvalue weighted by molar-refractivity contribution is 0.171. The minimum atomic E-state index is 0.139. The highest BCUT2D eigenvalue weighted by atomic mass is 79.9. The van der Waals surface area contributed by atoms with Crippen molar-refractivity contribution >= 4 is 22.0 Å². The Kier molecular flexibility index (Phi) is 3.98. The number of carbonyl (C=O) groups is 1. The molecular formula is C15H20BrN3O. The van der Waals surface area contributed by atoms with E-state index >= 15 is 0 Å². The fraction of sp³-hybridized carbons (Fsp3) is 0.533. The molecule has 2 heterocycles. The molecule has 0 saturated carbocycles. The van der Waals surface area contributed by atoms with Crippen LogP contribution in [0.25, 0.3) is 0 Å². The van der Waals surface area contributed by atoms with Crippen molar-refractivity contribution in [1.29, 1.82) is 0 Å². The van der Waals surface area contributed by atoms with Crippen LogP contribution in [0.1, 0.15) is 24.4 Å². The van der Waals surface area contributed by atoms with Crippen LogP contribution in [0.15, 0.2) is 28.7 Å². The maximum absolute atomic E-state index is 12.5. The van der Waals surface area contributed by atoms with Gasteiger partial charge in [0.25, 0.3) is 0 Å². The van der Waals surface area contributed by atoms with Gasteiger partial charge in [-0.2, -0.15) is 0 Å². The number of rotatable bonds is 2. The van der Waals surface area contributed by atoms with Gasteiger partial charge in [0.05, 0.1) is 6.04 Å². The maximum Gasteiger partial charge on any atom is 0.320 e. The number of halogens is 1. The average molecular weight is 338 g/mol. The van der Waals surface area contributed by atoms with Gasteiger partial charge in [-0.1, -0.05) is 34.1 Å². The summed E-state index contributed by atoms with van der Waals surface area (Å²) in [6, 6.07) is 8.81. The molecule has 0 radical (unpaired) electrons. The highest BCUT2D eigenvalue weighted by molar-refractivity contribution is 9.10. The molecule has 3 rings (SSSR count). The molecule has 1 aromatic carbocycles. The van der Waals surface area contributed by atoms with Crippen molar-refractivity contribution in [2.24, 2.45) is 0 Å². The first-order valence-electron chi connectivity index (χ1n) is 7.17. The lowest BCUT2D eigenvalue weighted by atomic mass is 10.0. The van der Waals surface area contributed by atoms with E-state index < -0.39 is 0 Å². The molecule has 2 aliphatic rings. The van der Waals surface area contributed by atoms with Gasteiger partial charge in [-0.05, 0) is 31.0 Å². The van der Waals surface area contributed by atoms with Crippen LogP contribution in [-0.2, 0) is 0 Å². The predicted molar refractivity (Wildman–Crippen MR) is 82.6 cm³/mol. The third-order valence-electron chi connectivity index (χ3n) is 4.36. The summed E-state index contributed by atoms with van der Waals surface area (Å²) in [7, 11) is 1.91. The second-order valence-electron chi connectivity index (χ2n) is 5.58. The van der Waals surface area contributed by atoms with E-state index in [9.17, 15) is 4.79 Å². The van der Waals surface area contributed by atoms with Crippen molar-refractivity contribution in [3.63, 3.8) is 0 Å². The number of nitrogens with zero attached hydrogens (tertiary/aromatic N) is 2. The van der Waals surface area contributed by atoms with Crippen molar-refractivity contribution in [1.82, 2.24) is 15.1 Å². The molecule has 20 heavy (non-hydrogen) atoms. The van der Waals surface area contributed by atoms with Gasteiger partial charge in [0.2, 0.25) is 0 Å². The second kappa shape index (κ2) is 5.74. The van der Waals surface area contributed by atoms with E-state index in [1.54, 1.807) is 0 Å². The summed E-state index contributed by atoms with van der Waals surface area (Å²) < 4.78 is 1.08. The van der Waals surface area contributed by atoms with E-state index in [1.165, 1.54) is 5.56 Å². The molecule has 0 aliphatic carbocycles. The van der Waals surface area contributed by atoms with E-state index in [2.05, 4.69) is 27.3 Å². The van der Waals surface area contributed by atoms with Crippen LogP contribution in [-0.4, -0.2) is 48.6 Å². The zero-order valence-electron chi connectivity index (χ0n) is 11.7. The first-order valence-corrected chi connectivity index (χ1v) is 7.96. The van der Waals surface area contributed by atoms with E-state index in [0.717, 1.165) is 36.9 Å². The first-order chi connectivity index (χ1) is 9.68. The standard InChI is InChI=1S/C15H20BrN3O/c1-18-14(12-6-2-3-7-13(12)16)10-19(15(18)20)11-5-4-8-17-9-11/h2-3,6-7,11,14,17H,4-5,8-10H2,1H3. The molecule has 2 atom stereocenters. The quantitative estimate of drug-likeness (QED) is 0.900. The first kappa shape index (κ1) is 13.9. The molecular weight excluding hydrogens is 318 g/mol. The summed E-state index contributed by atoms with van der Waals surface area (Å²) in [4.78, 5) is 16.4. The van der Waals surface area contributed by atoms with E-state index in [0.29, 0.717) is 6.04 Å². The number of hydrogen-bond donors (Lipinski definition) is 1. The Morgan fingerprint density at radius 2 is 2.15 bits per heavy atom. The molecule has 0 bridgehead atoms. The van der Waals surface area contributed by atoms with Gasteiger partial charge in [-0.15, -0.1) is 0 Å². The molecule has 1 aromatic rings. The number of benzene rings is 1. The van der Waals surface area contributed by atoms with Crippen LogP contribution in [0, 0.1) is 0 Å². The molecule has 0 spiro atoms. The number of nitrogens with one attached hydrogen (secondary N) is 1. The van der Waals surface area contributed by atoms with Crippen molar-refractivity contribution in [3.05, 3.63) is 34.3 Å². The Labute approximate surface area is 128 Å². The van der Waals surface area contributed by atoms with E-state index in [-0.39, 0.29) is 12.1 Å². The van der Waals surface area contributed by atoms with Gasteiger partial charge in [-0.3, -0.25) is 0 Å². The molecule has 2 aliphatic heterocycles. The topological polar surface area (TPSA) is 35.6 Å². The van der Waals surface area contributed by atoms with Gasteiger partial charge in [0, 0.05) is 30.7 Å². The summed E-state index contributed by atoms with van der Waals surface area (Å²) in [6.07, 6.45) is 2.26. The van der Waals surface area contributed by atoms with Crippen LogP contribution < -0.4 is 5.32 Å². The molecule has 0 aromatic heterocycles. The molecule has 1 N–H and O–H groups in total. The molecule has 4 nitrogen and oxygen atoms in total. The Balaban J connectivity index is 1.81. The van der Waals surface area contributed by atoms with Crippen molar-refractivity contribution in [3.8, 4) is 0 Å². The normalized spacial score (nSPS) is 27.2. The van der Waals surface area contributed by atoms with E-state index in [4.69, 9.17) is 0 Å². The number of carbonyl (C=O) groups excluding carboxylic acids is 1. The highest BCUT2D eigenvalue weighted by Gasteiger charge is 2.39. The highest BCUT2D eigenvalue weighted by Crippen LogP contribution is 2.34. The van der Waals surface area contributed by atoms with Crippen molar-refractivity contribution < 1.29 is 4.79 Å². The Hall–Kier alpha value is -1.07. The van der Waals surface area contributed by atoms with Crippen molar-refractivity contribution in [2.75, 3.05) is 26.7 Å². The van der Waals surface area contributed by atoms with Gasteiger partial charge in [-0.25, -0.2) is 4.79 Å². The lowest BCUT2D eigenvalue weighted by Gasteiger charge is -2.31. The number of piperidine rings is 1. The predicted octanol–water partition coefficient (Wildman–Crippen LogP) is 2.61. The molecule has 2 unspecified atom stereocenters.